The molecule has 0 aromatic carbocycles. The van der Waals surface area contributed by atoms with E-state index in [4.69, 9.17) is 5.73 Å². The van der Waals surface area contributed by atoms with Crippen LogP contribution in [0.2, 0.25) is 0 Å². The lowest BCUT2D eigenvalue weighted by atomic mass is 10.2. The van der Waals surface area contributed by atoms with Crippen molar-refractivity contribution in [2.45, 2.75) is 26.6 Å². The summed E-state index contributed by atoms with van der Waals surface area (Å²) >= 11 is 0. The first-order valence-corrected chi connectivity index (χ1v) is 3.78. The molecule has 2 N–H and O–H groups in total. The first kappa shape index (κ1) is 9.88. The van der Waals surface area contributed by atoms with E-state index >= 15 is 0 Å². The van der Waals surface area contributed by atoms with Crippen LogP contribution in [-0.2, 0) is 12.7 Å². The molecule has 0 aliphatic carbocycles. The highest BCUT2D eigenvalue weighted by Crippen LogP contribution is 2.32. The monoisotopic (exact) mass is 193 g/mol. The lowest BCUT2D eigenvalue weighted by Crippen LogP contribution is -2.08. The van der Waals surface area contributed by atoms with Gasteiger partial charge in [0.25, 0.3) is 0 Å². The van der Waals surface area contributed by atoms with Crippen LogP contribution in [0, 0.1) is 6.92 Å². The van der Waals surface area contributed by atoms with E-state index < -0.39 is 11.9 Å². The zero-order valence-electron chi connectivity index (χ0n) is 7.31. The third-order valence-corrected chi connectivity index (χ3v) is 1.81. The van der Waals surface area contributed by atoms with Gasteiger partial charge in [-0.15, -0.1) is 0 Å². The zero-order valence-corrected chi connectivity index (χ0v) is 7.31. The van der Waals surface area contributed by atoms with Crippen LogP contribution in [0.25, 0.3) is 0 Å². The summed E-state index contributed by atoms with van der Waals surface area (Å²) in [7, 11) is 0. The van der Waals surface area contributed by atoms with Crippen molar-refractivity contribution in [2.24, 2.45) is 0 Å². The minimum absolute atomic E-state index is 0.00523. The highest BCUT2D eigenvalue weighted by Gasteiger charge is 2.37. The number of anilines is 1. The van der Waals surface area contributed by atoms with Crippen molar-refractivity contribution in [3.05, 3.63) is 11.3 Å². The molecule has 0 aliphatic heterocycles. The topological polar surface area (TPSA) is 43.8 Å². The molecule has 3 nitrogen and oxygen atoms in total. The molecule has 1 heterocycles. The molecular formula is C7H10F3N3. The molecule has 0 spiro atoms. The number of nitrogens with zero attached hydrogens (tertiary/aromatic N) is 2. The molecule has 74 valence electrons. The number of aryl methyl sites for hydroxylation is 1. The fourth-order valence-corrected chi connectivity index (χ4v) is 1.07. The summed E-state index contributed by atoms with van der Waals surface area (Å²) in [4.78, 5) is 0. The van der Waals surface area contributed by atoms with Crippen molar-refractivity contribution in [3.8, 4) is 0 Å². The van der Waals surface area contributed by atoms with Crippen LogP contribution in [0.1, 0.15) is 18.2 Å². The Hall–Kier alpha value is -1.20. The summed E-state index contributed by atoms with van der Waals surface area (Å²) in [6.45, 7) is 3.34. The third kappa shape index (κ3) is 1.61. The van der Waals surface area contributed by atoms with Gasteiger partial charge >= 0.3 is 6.18 Å². The van der Waals surface area contributed by atoms with E-state index in [0.717, 1.165) is 4.68 Å². The Morgan fingerprint density at radius 1 is 1.46 bits per heavy atom. The van der Waals surface area contributed by atoms with Gasteiger partial charge in [-0.05, 0) is 13.8 Å². The van der Waals surface area contributed by atoms with Crippen molar-refractivity contribution in [2.75, 3.05) is 5.73 Å². The number of nitrogen functional groups attached to an aromatic ring is 1. The fraction of sp³-hybridized carbons (Fsp3) is 0.571. The minimum atomic E-state index is -4.42. The van der Waals surface area contributed by atoms with Gasteiger partial charge in [-0.3, -0.25) is 0 Å². The molecule has 0 fully saturated rings. The predicted octanol–water partition coefficient (Wildman–Crippen LogP) is 1.81. The van der Waals surface area contributed by atoms with Gasteiger partial charge in [0.05, 0.1) is 0 Å². The summed E-state index contributed by atoms with van der Waals surface area (Å²) in [5, 5.41) is 3.37. The molecule has 1 aromatic rings. The number of aromatic nitrogens is 2. The number of rotatable bonds is 1. The maximum Gasteiger partial charge on any atom is 0.435 e. The average Bonchev–Trinajstić information content (AvgIpc) is 2.28. The van der Waals surface area contributed by atoms with Crippen LogP contribution in [0.3, 0.4) is 0 Å². The van der Waals surface area contributed by atoms with E-state index in [1.165, 1.54) is 6.92 Å². The molecule has 13 heavy (non-hydrogen) atoms. The predicted molar refractivity (Wildman–Crippen MR) is 42.1 cm³/mol. The van der Waals surface area contributed by atoms with E-state index in [2.05, 4.69) is 5.10 Å². The maximum atomic E-state index is 12.2. The largest absolute Gasteiger partial charge is 0.435 e. The van der Waals surface area contributed by atoms with Gasteiger partial charge in [-0.1, -0.05) is 0 Å². The smallest absolute Gasteiger partial charge is 0.384 e. The van der Waals surface area contributed by atoms with Gasteiger partial charge in [0.1, 0.15) is 5.82 Å². The molecule has 0 radical (unpaired) electrons. The van der Waals surface area contributed by atoms with Crippen LogP contribution in [0.4, 0.5) is 19.0 Å². The standard InChI is InChI=1S/C7H10F3N3/c1-3-13-6(11)4(2)5(12-13)7(8,9)10/h3,11H2,1-2H3. The average molecular weight is 193 g/mol. The first-order valence-electron chi connectivity index (χ1n) is 3.78. The molecule has 0 saturated heterocycles. The Bertz CT molecular complexity index is 314. The molecule has 6 heteroatoms. The quantitative estimate of drug-likeness (QED) is 0.739. The van der Waals surface area contributed by atoms with E-state index in [-0.39, 0.29) is 11.4 Å². The second-order valence-corrected chi connectivity index (χ2v) is 2.67. The Morgan fingerprint density at radius 2 is 2.00 bits per heavy atom. The molecule has 0 amide bonds. The fourth-order valence-electron chi connectivity index (χ4n) is 1.07. The number of halogens is 3. The third-order valence-electron chi connectivity index (χ3n) is 1.81. The number of alkyl halides is 3. The number of nitrogens with two attached hydrogens (primary N) is 1. The molecule has 0 saturated carbocycles. The van der Waals surface area contributed by atoms with Gasteiger partial charge in [-0.25, -0.2) is 4.68 Å². The summed E-state index contributed by atoms with van der Waals surface area (Å²) in [6, 6.07) is 0. The Morgan fingerprint density at radius 3 is 2.23 bits per heavy atom. The van der Waals surface area contributed by atoms with Crippen LogP contribution < -0.4 is 5.73 Å². The lowest BCUT2D eigenvalue weighted by molar-refractivity contribution is -0.141. The number of hydrogen-bond donors (Lipinski definition) is 1. The molecular weight excluding hydrogens is 183 g/mol. The van der Waals surface area contributed by atoms with Gasteiger partial charge in [0.15, 0.2) is 5.69 Å². The molecule has 0 aliphatic rings. The SMILES string of the molecule is CCn1nc(C(F)(F)F)c(C)c1N. The molecule has 1 aromatic heterocycles. The van der Waals surface area contributed by atoms with E-state index in [0.29, 0.717) is 6.54 Å². The molecule has 0 unspecified atom stereocenters. The lowest BCUT2D eigenvalue weighted by Gasteiger charge is -2.01. The summed E-state index contributed by atoms with van der Waals surface area (Å²) in [5.41, 5.74) is 4.51. The molecule has 0 bridgehead atoms. The second-order valence-electron chi connectivity index (χ2n) is 2.67. The Balaban J connectivity index is 3.25. The zero-order chi connectivity index (χ0) is 10.2. The second kappa shape index (κ2) is 2.93. The van der Waals surface area contributed by atoms with Gasteiger partial charge in [-0.2, -0.15) is 18.3 Å². The number of hydrogen-bond acceptors (Lipinski definition) is 2. The Kier molecular flexibility index (Phi) is 2.23. The van der Waals surface area contributed by atoms with Crippen LogP contribution in [0.15, 0.2) is 0 Å². The summed E-state index contributed by atoms with van der Waals surface area (Å²) < 4.78 is 37.9. The molecule has 0 atom stereocenters. The van der Waals surface area contributed by atoms with Gasteiger partial charge < -0.3 is 5.73 Å². The first-order chi connectivity index (χ1) is 5.88. The van der Waals surface area contributed by atoms with Crippen molar-refractivity contribution in [1.29, 1.82) is 0 Å². The van der Waals surface area contributed by atoms with Crippen LogP contribution in [0.5, 0.6) is 0 Å². The van der Waals surface area contributed by atoms with Gasteiger partial charge in [0, 0.05) is 12.1 Å². The van der Waals surface area contributed by atoms with E-state index in [9.17, 15) is 13.2 Å². The minimum Gasteiger partial charge on any atom is -0.384 e. The van der Waals surface area contributed by atoms with Gasteiger partial charge in [0.2, 0.25) is 0 Å². The van der Waals surface area contributed by atoms with Crippen molar-refractivity contribution < 1.29 is 13.2 Å². The summed E-state index contributed by atoms with van der Waals surface area (Å²) in [6.07, 6.45) is -4.42. The highest BCUT2D eigenvalue weighted by atomic mass is 19.4. The Labute approximate surface area is 73.3 Å². The van der Waals surface area contributed by atoms with Crippen molar-refractivity contribution in [3.63, 3.8) is 0 Å². The van der Waals surface area contributed by atoms with Crippen molar-refractivity contribution in [1.82, 2.24) is 9.78 Å². The van der Waals surface area contributed by atoms with Crippen LogP contribution >= 0.6 is 0 Å². The van der Waals surface area contributed by atoms with E-state index in [1.807, 2.05) is 0 Å². The summed E-state index contributed by atoms with van der Waals surface area (Å²) in [5.74, 6) is 0.0785. The highest BCUT2D eigenvalue weighted by molar-refractivity contribution is 5.43. The maximum absolute atomic E-state index is 12.2. The van der Waals surface area contributed by atoms with Crippen LogP contribution in [-0.4, -0.2) is 9.78 Å². The van der Waals surface area contributed by atoms with E-state index in [1.54, 1.807) is 6.92 Å². The molecule has 1 rings (SSSR count). The normalized spacial score (nSPS) is 12.1. The van der Waals surface area contributed by atoms with Crippen molar-refractivity contribution >= 4 is 5.82 Å².